The summed E-state index contributed by atoms with van der Waals surface area (Å²) >= 11 is 0. The third-order valence-electron chi connectivity index (χ3n) is 2.97. The second-order valence-corrected chi connectivity index (χ2v) is 5.99. The van der Waals surface area contributed by atoms with E-state index in [1.807, 2.05) is 27.7 Å². The SMILES string of the molecule is COC[C@H](C)N1C[C@@H](C(=O)NC(C)(C)C)CC1=O. The van der Waals surface area contributed by atoms with E-state index in [0.29, 0.717) is 19.6 Å². The number of ether oxygens (including phenoxy) is 1. The number of nitrogens with zero attached hydrogens (tertiary/aromatic N) is 1. The van der Waals surface area contributed by atoms with E-state index in [9.17, 15) is 9.59 Å². The summed E-state index contributed by atoms with van der Waals surface area (Å²) in [5, 5.41) is 2.92. The minimum atomic E-state index is -0.258. The first-order chi connectivity index (χ1) is 8.24. The van der Waals surface area contributed by atoms with Gasteiger partial charge in [-0.25, -0.2) is 0 Å². The second kappa shape index (κ2) is 5.69. The zero-order valence-electron chi connectivity index (χ0n) is 11.9. The fourth-order valence-corrected chi connectivity index (χ4v) is 2.14. The normalized spacial score (nSPS) is 22.2. The van der Waals surface area contributed by atoms with Gasteiger partial charge in [-0.3, -0.25) is 9.59 Å². The predicted molar refractivity (Wildman–Crippen MR) is 69.1 cm³/mol. The summed E-state index contributed by atoms with van der Waals surface area (Å²) in [5.74, 6) is -0.243. The lowest BCUT2D eigenvalue weighted by Gasteiger charge is -2.25. The Labute approximate surface area is 109 Å². The van der Waals surface area contributed by atoms with Gasteiger partial charge in [0, 0.05) is 25.6 Å². The molecule has 0 spiro atoms. The number of rotatable bonds is 4. The van der Waals surface area contributed by atoms with Crippen LogP contribution in [0.3, 0.4) is 0 Å². The van der Waals surface area contributed by atoms with Crippen molar-refractivity contribution in [3.05, 3.63) is 0 Å². The fourth-order valence-electron chi connectivity index (χ4n) is 2.14. The van der Waals surface area contributed by atoms with Crippen LogP contribution in [0.5, 0.6) is 0 Å². The number of hydrogen-bond acceptors (Lipinski definition) is 3. The molecule has 2 atom stereocenters. The zero-order chi connectivity index (χ0) is 13.9. The van der Waals surface area contributed by atoms with Crippen LogP contribution in [0.1, 0.15) is 34.1 Å². The maximum atomic E-state index is 12.0. The van der Waals surface area contributed by atoms with Crippen molar-refractivity contribution in [2.24, 2.45) is 5.92 Å². The topological polar surface area (TPSA) is 58.6 Å². The van der Waals surface area contributed by atoms with Gasteiger partial charge in [0.05, 0.1) is 18.6 Å². The van der Waals surface area contributed by atoms with Gasteiger partial charge in [-0.05, 0) is 27.7 Å². The van der Waals surface area contributed by atoms with Gasteiger partial charge in [-0.15, -0.1) is 0 Å². The minimum absolute atomic E-state index is 0.0231. The molecule has 1 aliphatic heterocycles. The van der Waals surface area contributed by atoms with Crippen molar-refractivity contribution in [2.75, 3.05) is 20.3 Å². The Morgan fingerprint density at radius 2 is 2.17 bits per heavy atom. The van der Waals surface area contributed by atoms with Gasteiger partial charge in [0.2, 0.25) is 11.8 Å². The molecule has 104 valence electrons. The maximum Gasteiger partial charge on any atom is 0.225 e. The summed E-state index contributed by atoms with van der Waals surface area (Å²) in [6.07, 6.45) is 0.302. The molecule has 0 aromatic carbocycles. The predicted octanol–water partition coefficient (Wildman–Crippen LogP) is 0.785. The molecule has 1 rings (SSSR count). The molecule has 1 N–H and O–H groups in total. The largest absolute Gasteiger partial charge is 0.383 e. The highest BCUT2D eigenvalue weighted by atomic mass is 16.5. The highest BCUT2D eigenvalue weighted by Crippen LogP contribution is 2.21. The second-order valence-electron chi connectivity index (χ2n) is 5.99. The molecule has 1 heterocycles. The van der Waals surface area contributed by atoms with Gasteiger partial charge in [-0.2, -0.15) is 0 Å². The number of hydrogen-bond donors (Lipinski definition) is 1. The lowest BCUT2D eigenvalue weighted by atomic mass is 10.0. The first kappa shape index (κ1) is 15.0. The van der Waals surface area contributed by atoms with Crippen LogP contribution < -0.4 is 5.32 Å². The summed E-state index contributed by atoms with van der Waals surface area (Å²) in [4.78, 5) is 25.6. The van der Waals surface area contributed by atoms with Crippen molar-refractivity contribution in [3.63, 3.8) is 0 Å². The third kappa shape index (κ3) is 3.98. The van der Waals surface area contributed by atoms with Crippen LogP contribution in [0.4, 0.5) is 0 Å². The van der Waals surface area contributed by atoms with E-state index in [4.69, 9.17) is 4.74 Å². The molecular formula is C13H24N2O3. The third-order valence-corrected chi connectivity index (χ3v) is 2.97. The first-order valence-electron chi connectivity index (χ1n) is 6.35. The molecule has 0 saturated carbocycles. The van der Waals surface area contributed by atoms with Crippen LogP contribution in [-0.2, 0) is 14.3 Å². The van der Waals surface area contributed by atoms with Gasteiger partial charge < -0.3 is 15.0 Å². The van der Waals surface area contributed by atoms with Crippen molar-refractivity contribution >= 4 is 11.8 Å². The molecule has 5 heteroatoms. The Balaban J connectivity index is 2.58. The van der Waals surface area contributed by atoms with Crippen molar-refractivity contribution < 1.29 is 14.3 Å². The van der Waals surface area contributed by atoms with E-state index < -0.39 is 0 Å². The van der Waals surface area contributed by atoms with Crippen LogP contribution in [0, 0.1) is 5.92 Å². The molecule has 0 aliphatic carbocycles. The highest BCUT2D eigenvalue weighted by Gasteiger charge is 2.37. The Morgan fingerprint density at radius 3 is 2.67 bits per heavy atom. The summed E-state index contributed by atoms with van der Waals surface area (Å²) < 4.78 is 5.05. The van der Waals surface area contributed by atoms with E-state index >= 15 is 0 Å². The van der Waals surface area contributed by atoms with Gasteiger partial charge in [-0.1, -0.05) is 0 Å². The van der Waals surface area contributed by atoms with E-state index in [2.05, 4.69) is 5.32 Å². The van der Waals surface area contributed by atoms with E-state index in [1.54, 1.807) is 12.0 Å². The molecule has 2 amide bonds. The maximum absolute atomic E-state index is 12.0. The van der Waals surface area contributed by atoms with E-state index in [-0.39, 0.29) is 29.3 Å². The van der Waals surface area contributed by atoms with Gasteiger partial charge in [0.15, 0.2) is 0 Å². The molecule has 0 aromatic rings. The number of nitrogens with one attached hydrogen (secondary N) is 1. The fraction of sp³-hybridized carbons (Fsp3) is 0.846. The summed E-state index contributed by atoms with van der Waals surface area (Å²) in [7, 11) is 1.61. The highest BCUT2D eigenvalue weighted by molar-refractivity contribution is 5.89. The average Bonchev–Trinajstić information content (AvgIpc) is 2.58. The smallest absolute Gasteiger partial charge is 0.225 e. The molecular weight excluding hydrogens is 232 g/mol. The summed E-state index contributed by atoms with van der Waals surface area (Å²) in [6, 6.07) is 0.0231. The molecule has 1 saturated heterocycles. The van der Waals surface area contributed by atoms with Crippen LogP contribution in [-0.4, -0.2) is 48.6 Å². The molecule has 5 nitrogen and oxygen atoms in total. The first-order valence-corrected chi connectivity index (χ1v) is 6.35. The lowest BCUT2D eigenvalue weighted by Crippen LogP contribution is -2.45. The number of carbonyl (C=O) groups is 2. The Hall–Kier alpha value is -1.10. The lowest BCUT2D eigenvalue weighted by molar-refractivity contribution is -0.131. The Bertz CT molecular complexity index is 323. The van der Waals surface area contributed by atoms with Crippen LogP contribution in [0.2, 0.25) is 0 Å². The summed E-state index contributed by atoms with van der Waals surface area (Å²) in [6.45, 7) is 8.74. The van der Waals surface area contributed by atoms with Crippen LogP contribution in [0.25, 0.3) is 0 Å². The number of methoxy groups -OCH3 is 1. The van der Waals surface area contributed by atoms with Crippen LogP contribution >= 0.6 is 0 Å². The number of amides is 2. The van der Waals surface area contributed by atoms with Crippen molar-refractivity contribution in [3.8, 4) is 0 Å². The summed E-state index contributed by atoms with van der Waals surface area (Å²) in [5.41, 5.74) is -0.258. The molecule has 0 aromatic heterocycles. The van der Waals surface area contributed by atoms with Crippen molar-refractivity contribution in [1.82, 2.24) is 10.2 Å². The van der Waals surface area contributed by atoms with Crippen molar-refractivity contribution in [1.29, 1.82) is 0 Å². The van der Waals surface area contributed by atoms with Gasteiger partial charge in [0.1, 0.15) is 0 Å². The van der Waals surface area contributed by atoms with E-state index in [0.717, 1.165) is 0 Å². The molecule has 1 aliphatic rings. The Kier molecular flexibility index (Phi) is 4.73. The number of likely N-dealkylation sites (tertiary alicyclic amines) is 1. The van der Waals surface area contributed by atoms with E-state index in [1.165, 1.54) is 0 Å². The average molecular weight is 256 g/mol. The monoisotopic (exact) mass is 256 g/mol. The Morgan fingerprint density at radius 1 is 1.56 bits per heavy atom. The van der Waals surface area contributed by atoms with Crippen molar-refractivity contribution in [2.45, 2.75) is 45.7 Å². The quantitative estimate of drug-likeness (QED) is 0.809. The van der Waals surface area contributed by atoms with Gasteiger partial charge >= 0.3 is 0 Å². The molecule has 1 fully saturated rings. The zero-order valence-corrected chi connectivity index (χ0v) is 11.9. The standard InChI is InChI=1S/C13H24N2O3/c1-9(8-18-5)15-7-10(6-11(15)16)12(17)14-13(2,3)4/h9-10H,6-8H2,1-5H3,(H,14,17)/t9-,10-/m0/s1. The molecule has 0 unspecified atom stereocenters. The number of carbonyl (C=O) groups excluding carboxylic acids is 2. The molecule has 0 bridgehead atoms. The minimum Gasteiger partial charge on any atom is -0.383 e. The van der Waals surface area contributed by atoms with Crippen LogP contribution in [0.15, 0.2) is 0 Å². The molecule has 18 heavy (non-hydrogen) atoms. The molecule has 0 radical (unpaired) electrons. The van der Waals surface area contributed by atoms with Gasteiger partial charge in [0.25, 0.3) is 0 Å².